The Balaban J connectivity index is 1.14. The maximum Gasteiger partial charge on any atom is 0.207 e. The number of sulfone groups is 1. The van der Waals surface area contributed by atoms with Gasteiger partial charge in [0.25, 0.3) is 0 Å². The van der Waals surface area contributed by atoms with Crippen molar-refractivity contribution in [2.75, 3.05) is 0 Å². The van der Waals surface area contributed by atoms with Crippen molar-refractivity contribution in [1.82, 2.24) is 15.0 Å². The molecule has 47 heavy (non-hydrogen) atoms. The number of hydrogen-bond donors (Lipinski definition) is 0. The zero-order chi connectivity index (χ0) is 31.7. The van der Waals surface area contributed by atoms with Gasteiger partial charge in [-0.15, -0.1) is 0 Å². The molecule has 0 bridgehead atoms. The number of rotatable bonds is 4. The predicted molar refractivity (Wildman–Crippen MR) is 186 cm³/mol. The molecular formula is C41H25N3O2S. The minimum absolute atomic E-state index is 0.284. The van der Waals surface area contributed by atoms with E-state index in [1.807, 2.05) is 91.0 Å². The summed E-state index contributed by atoms with van der Waals surface area (Å²) in [7, 11) is -3.73. The SMILES string of the molecule is C=C1c2ccccc2-c2ccc(-c3ccc4c(c3)S(=O)(=O)c3ccc(-c5nc(-c6ccccc6)nc(-c6ccccc6)n5)cc3-4)cc21. The van der Waals surface area contributed by atoms with E-state index in [1.165, 1.54) is 5.56 Å². The Kier molecular flexibility index (Phi) is 5.98. The van der Waals surface area contributed by atoms with Crippen molar-refractivity contribution in [3.63, 3.8) is 0 Å². The first kappa shape index (κ1) is 27.3. The van der Waals surface area contributed by atoms with E-state index in [9.17, 15) is 8.42 Å². The van der Waals surface area contributed by atoms with Crippen LogP contribution in [-0.4, -0.2) is 23.4 Å². The fourth-order valence-electron chi connectivity index (χ4n) is 6.65. The highest BCUT2D eigenvalue weighted by atomic mass is 32.2. The Morgan fingerprint density at radius 3 is 1.53 bits per heavy atom. The van der Waals surface area contributed by atoms with Gasteiger partial charge in [-0.2, -0.15) is 0 Å². The van der Waals surface area contributed by atoms with Crippen LogP contribution >= 0.6 is 0 Å². The van der Waals surface area contributed by atoms with Crippen molar-refractivity contribution in [2.45, 2.75) is 9.79 Å². The molecule has 6 heteroatoms. The Labute approximate surface area is 272 Å². The minimum atomic E-state index is -3.73. The van der Waals surface area contributed by atoms with Crippen LogP contribution in [0.2, 0.25) is 0 Å². The van der Waals surface area contributed by atoms with E-state index >= 15 is 0 Å². The van der Waals surface area contributed by atoms with Crippen LogP contribution in [0.4, 0.5) is 0 Å². The molecule has 0 fully saturated rings. The van der Waals surface area contributed by atoms with Gasteiger partial charge < -0.3 is 0 Å². The maximum absolute atomic E-state index is 13.9. The molecule has 0 saturated carbocycles. The zero-order valence-electron chi connectivity index (χ0n) is 25.1. The molecule has 0 unspecified atom stereocenters. The van der Waals surface area contributed by atoms with Crippen molar-refractivity contribution in [3.8, 4) is 67.5 Å². The first-order chi connectivity index (χ1) is 23.0. The third-order valence-electron chi connectivity index (χ3n) is 9.01. The molecule has 2 aliphatic rings. The van der Waals surface area contributed by atoms with E-state index in [0.29, 0.717) is 39.1 Å². The lowest BCUT2D eigenvalue weighted by atomic mass is 9.96. The van der Waals surface area contributed by atoms with Crippen molar-refractivity contribution in [1.29, 1.82) is 0 Å². The maximum atomic E-state index is 13.9. The van der Waals surface area contributed by atoms with Gasteiger partial charge in [-0.05, 0) is 69.3 Å². The van der Waals surface area contributed by atoms with Gasteiger partial charge in [0, 0.05) is 27.8 Å². The van der Waals surface area contributed by atoms with Crippen molar-refractivity contribution >= 4 is 15.4 Å². The molecule has 0 atom stereocenters. The first-order valence-electron chi connectivity index (χ1n) is 15.3. The highest BCUT2D eigenvalue weighted by Gasteiger charge is 2.34. The summed E-state index contributed by atoms with van der Waals surface area (Å²) in [6.07, 6.45) is 0. The summed E-state index contributed by atoms with van der Waals surface area (Å²) in [5, 5.41) is 0. The van der Waals surface area contributed by atoms with Gasteiger partial charge in [0.15, 0.2) is 17.5 Å². The summed E-state index contributed by atoms with van der Waals surface area (Å²) in [6.45, 7) is 4.35. The second kappa shape index (κ2) is 10.3. The van der Waals surface area contributed by atoms with Crippen LogP contribution in [0.5, 0.6) is 0 Å². The summed E-state index contributed by atoms with van der Waals surface area (Å²) < 4.78 is 27.8. The Hall–Kier alpha value is -5.98. The molecule has 222 valence electrons. The molecule has 0 radical (unpaired) electrons. The molecule has 9 rings (SSSR count). The Bertz CT molecular complexity index is 2490. The van der Waals surface area contributed by atoms with Gasteiger partial charge >= 0.3 is 0 Å². The Morgan fingerprint density at radius 1 is 0.383 bits per heavy atom. The molecular weight excluding hydrogens is 599 g/mol. The van der Waals surface area contributed by atoms with E-state index < -0.39 is 9.84 Å². The second-order valence-electron chi connectivity index (χ2n) is 11.7. The number of fused-ring (bicyclic) bond motifs is 6. The standard InChI is InChI=1S/C41H25N3O2S/c1-25-31-14-8-9-15-32(31)33-19-16-28(22-35(25)33)29-17-20-34-36-23-30(18-21-37(36)47(45,46)38(34)24-29)41-43-39(26-10-4-2-5-11-26)42-40(44-41)27-12-6-3-7-13-27/h2-24H,1H2. The average Bonchev–Trinajstić information content (AvgIpc) is 3.54. The molecule has 0 saturated heterocycles. The van der Waals surface area contributed by atoms with E-state index in [-0.39, 0.29) is 4.90 Å². The van der Waals surface area contributed by atoms with Crippen LogP contribution < -0.4 is 0 Å². The lowest BCUT2D eigenvalue weighted by Crippen LogP contribution is -2.00. The molecule has 1 aromatic heterocycles. The summed E-state index contributed by atoms with van der Waals surface area (Å²) in [6, 6.07) is 45.1. The molecule has 5 nitrogen and oxygen atoms in total. The zero-order valence-corrected chi connectivity index (χ0v) is 25.9. The fraction of sp³-hybridized carbons (Fsp3) is 0. The molecule has 2 heterocycles. The van der Waals surface area contributed by atoms with E-state index in [4.69, 9.17) is 15.0 Å². The van der Waals surface area contributed by atoms with Crippen molar-refractivity contribution in [3.05, 3.63) is 157 Å². The second-order valence-corrected chi connectivity index (χ2v) is 13.6. The van der Waals surface area contributed by atoms with Crippen LogP contribution in [0, 0.1) is 0 Å². The lowest BCUT2D eigenvalue weighted by molar-refractivity contribution is 0.598. The summed E-state index contributed by atoms with van der Waals surface area (Å²) >= 11 is 0. The highest BCUT2D eigenvalue weighted by molar-refractivity contribution is 7.92. The summed E-state index contributed by atoms with van der Waals surface area (Å²) in [4.78, 5) is 15.1. The van der Waals surface area contributed by atoms with E-state index in [2.05, 4.69) is 36.9 Å². The topological polar surface area (TPSA) is 72.8 Å². The molecule has 0 amide bonds. The van der Waals surface area contributed by atoms with Crippen molar-refractivity contribution in [2.24, 2.45) is 0 Å². The van der Waals surface area contributed by atoms with Crippen LogP contribution in [0.1, 0.15) is 11.1 Å². The number of hydrogen-bond acceptors (Lipinski definition) is 5. The normalized spacial score (nSPS) is 13.5. The molecule has 6 aromatic carbocycles. The van der Waals surface area contributed by atoms with Crippen LogP contribution in [0.25, 0.3) is 73.1 Å². The number of aromatic nitrogens is 3. The number of nitrogens with zero attached hydrogens (tertiary/aromatic N) is 3. The molecule has 1 aliphatic heterocycles. The van der Waals surface area contributed by atoms with Crippen LogP contribution in [0.3, 0.4) is 0 Å². The first-order valence-corrected chi connectivity index (χ1v) is 16.8. The average molecular weight is 624 g/mol. The monoisotopic (exact) mass is 623 g/mol. The predicted octanol–water partition coefficient (Wildman–Crippen LogP) is 9.39. The minimum Gasteiger partial charge on any atom is -0.218 e. The Morgan fingerprint density at radius 2 is 0.872 bits per heavy atom. The smallest absolute Gasteiger partial charge is 0.207 e. The summed E-state index contributed by atoms with van der Waals surface area (Å²) in [5.74, 6) is 1.57. The largest absolute Gasteiger partial charge is 0.218 e. The molecule has 7 aromatic rings. The van der Waals surface area contributed by atoms with Gasteiger partial charge in [0.2, 0.25) is 9.84 Å². The highest BCUT2D eigenvalue weighted by Crippen LogP contribution is 2.48. The number of benzene rings is 6. The quantitative estimate of drug-likeness (QED) is 0.195. The molecule has 1 aliphatic carbocycles. The fourth-order valence-corrected chi connectivity index (χ4v) is 8.34. The summed E-state index contributed by atoms with van der Waals surface area (Å²) in [5.41, 5.74) is 11.0. The van der Waals surface area contributed by atoms with Gasteiger partial charge in [0.1, 0.15) is 0 Å². The van der Waals surface area contributed by atoms with E-state index in [1.54, 1.807) is 18.2 Å². The van der Waals surface area contributed by atoms with Gasteiger partial charge in [-0.25, -0.2) is 23.4 Å². The van der Waals surface area contributed by atoms with Crippen molar-refractivity contribution < 1.29 is 8.42 Å². The molecule has 0 N–H and O–H groups in total. The van der Waals surface area contributed by atoms with Crippen LogP contribution in [-0.2, 0) is 9.84 Å². The van der Waals surface area contributed by atoms with Gasteiger partial charge in [-0.3, -0.25) is 0 Å². The van der Waals surface area contributed by atoms with Crippen LogP contribution in [0.15, 0.2) is 156 Å². The third-order valence-corrected chi connectivity index (χ3v) is 10.9. The molecule has 0 spiro atoms. The van der Waals surface area contributed by atoms with Gasteiger partial charge in [-0.1, -0.05) is 116 Å². The van der Waals surface area contributed by atoms with Gasteiger partial charge in [0.05, 0.1) is 9.79 Å². The lowest BCUT2D eigenvalue weighted by Gasteiger charge is -2.09. The van der Waals surface area contributed by atoms with E-state index in [0.717, 1.165) is 44.5 Å². The third kappa shape index (κ3) is 4.30.